The van der Waals surface area contributed by atoms with Crippen LogP contribution in [-0.2, 0) is 16.0 Å². The Hall–Kier alpha value is -1.92. The molecule has 1 aromatic rings. The first-order valence-electron chi connectivity index (χ1n) is 10.3. The Balaban J connectivity index is 0.00000480. The van der Waals surface area contributed by atoms with Gasteiger partial charge in [-0.05, 0) is 24.1 Å². The van der Waals surface area contributed by atoms with Gasteiger partial charge in [0, 0.05) is 66.0 Å². The van der Waals surface area contributed by atoms with Crippen LogP contribution in [0.2, 0.25) is 0 Å². The molecule has 1 saturated heterocycles. The van der Waals surface area contributed by atoms with Crippen LogP contribution in [0, 0.1) is 0 Å². The van der Waals surface area contributed by atoms with Crippen LogP contribution in [0.4, 0.5) is 0 Å². The highest BCUT2D eigenvalue weighted by atomic mass is 127. The molecule has 174 valence electrons. The van der Waals surface area contributed by atoms with Gasteiger partial charge in [-0.25, -0.2) is 0 Å². The average molecular weight is 546 g/mol. The summed E-state index contributed by atoms with van der Waals surface area (Å²) in [5.41, 5.74) is 1.77. The first-order valence-corrected chi connectivity index (χ1v) is 10.3. The van der Waals surface area contributed by atoms with Crippen molar-refractivity contribution in [3.63, 3.8) is 0 Å². The Morgan fingerprint density at radius 3 is 2.52 bits per heavy atom. The van der Waals surface area contributed by atoms with E-state index in [1.807, 2.05) is 24.3 Å². The molecule has 0 aliphatic carbocycles. The van der Waals surface area contributed by atoms with E-state index in [1.54, 1.807) is 21.2 Å². The lowest BCUT2D eigenvalue weighted by Gasteiger charge is -2.36. The smallest absolute Gasteiger partial charge is 0.251 e. The average Bonchev–Trinajstić information content (AvgIpc) is 2.77. The number of carbonyl (C=O) groups excluding carboxylic acids is 2. The van der Waals surface area contributed by atoms with Crippen LogP contribution in [0.1, 0.15) is 15.9 Å². The van der Waals surface area contributed by atoms with Crippen molar-refractivity contribution in [2.24, 2.45) is 4.99 Å². The summed E-state index contributed by atoms with van der Waals surface area (Å²) in [5, 5.41) is 8.91. The fraction of sp³-hybridized carbons (Fsp3) is 0.571. The molecule has 2 amide bonds. The molecule has 1 aliphatic heterocycles. The molecule has 1 aliphatic rings. The lowest BCUT2D eigenvalue weighted by atomic mass is 10.1. The second-order valence-electron chi connectivity index (χ2n) is 7.11. The number of aliphatic imine (C=N–C) groups is 1. The summed E-state index contributed by atoms with van der Waals surface area (Å²) >= 11 is 0. The molecule has 1 heterocycles. The summed E-state index contributed by atoms with van der Waals surface area (Å²) < 4.78 is 4.94. The number of hydrogen-bond donors (Lipinski definition) is 3. The maximum Gasteiger partial charge on any atom is 0.251 e. The second-order valence-corrected chi connectivity index (χ2v) is 7.11. The molecular formula is C21H35IN6O3. The van der Waals surface area contributed by atoms with E-state index in [9.17, 15) is 9.59 Å². The van der Waals surface area contributed by atoms with Crippen molar-refractivity contribution in [2.45, 2.75) is 6.42 Å². The van der Waals surface area contributed by atoms with Crippen molar-refractivity contribution in [1.29, 1.82) is 0 Å². The van der Waals surface area contributed by atoms with E-state index in [1.165, 1.54) is 0 Å². The summed E-state index contributed by atoms with van der Waals surface area (Å²) in [6, 6.07) is 7.65. The molecule has 0 radical (unpaired) electrons. The molecule has 0 saturated carbocycles. The molecule has 1 fully saturated rings. The van der Waals surface area contributed by atoms with Gasteiger partial charge in [0.2, 0.25) is 5.91 Å². The minimum Gasteiger partial charge on any atom is -0.383 e. The van der Waals surface area contributed by atoms with Gasteiger partial charge in [0.05, 0.1) is 13.2 Å². The molecule has 9 nitrogen and oxygen atoms in total. The van der Waals surface area contributed by atoms with Crippen LogP contribution >= 0.6 is 24.0 Å². The summed E-state index contributed by atoms with van der Waals surface area (Å²) in [6.07, 6.45) is 0.797. The van der Waals surface area contributed by atoms with Gasteiger partial charge in [-0.3, -0.25) is 19.5 Å². The number of halogens is 1. The normalized spacial score (nSPS) is 14.5. The fourth-order valence-electron chi connectivity index (χ4n) is 3.33. The zero-order chi connectivity index (χ0) is 21.8. The van der Waals surface area contributed by atoms with Crippen molar-refractivity contribution in [2.75, 3.05) is 73.6 Å². The number of carbonyl (C=O) groups is 2. The monoisotopic (exact) mass is 546 g/mol. The lowest BCUT2D eigenvalue weighted by molar-refractivity contribution is -0.122. The SMILES string of the molecule is CN=C(NCCc1cccc(C(=O)NC)c1)N1CCN(CC(=O)NCCOC)CC1.I. The Kier molecular flexibility index (Phi) is 13.1. The second kappa shape index (κ2) is 15.0. The lowest BCUT2D eigenvalue weighted by Crippen LogP contribution is -2.54. The van der Waals surface area contributed by atoms with Gasteiger partial charge in [-0.2, -0.15) is 0 Å². The largest absolute Gasteiger partial charge is 0.383 e. The Bertz CT molecular complexity index is 723. The summed E-state index contributed by atoms with van der Waals surface area (Å²) in [6.45, 7) is 5.46. The third-order valence-corrected chi connectivity index (χ3v) is 4.99. The molecule has 0 atom stereocenters. The molecule has 0 aromatic heterocycles. The highest BCUT2D eigenvalue weighted by Crippen LogP contribution is 2.06. The maximum absolute atomic E-state index is 11.9. The number of amides is 2. The van der Waals surface area contributed by atoms with Gasteiger partial charge >= 0.3 is 0 Å². The molecule has 2 rings (SSSR count). The number of rotatable bonds is 9. The van der Waals surface area contributed by atoms with Crippen LogP contribution in [0.15, 0.2) is 29.3 Å². The van der Waals surface area contributed by atoms with E-state index in [0.29, 0.717) is 25.3 Å². The Morgan fingerprint density at radius 2 is 1.87 bits per heavy atom. The maximum atomic E-state index is 11.9. The van der Waals surface area contributed by atoms with Crippen LogP contribution in [0.25, 0.3) is 0 Å². The van der Waals surface area contributed by atoms with Crippen LogP contribution in [-0.4, -0.2) is 101 Å². The number of benzene rings is 1. The zero-order valence-corrected chi connectivity index (χ0v) is 21.0. The fourth-order valence-corrected chi connectivity index (χ4v) is 3.33. The number of guanidine groups is 1. The van der Waals surface area contributed by atoms with Crippen LogP contribution in [0.3, 0.4) is 0 Å². The number of piperazine rings is 1. The van der Waals surface area contributed by atoms with E-state index >= 15 is 0 Å². The van der Waals surface area contributed by atoms with E-state index < -0.39 is 0 Å². The van der Waals surface area contributed by atoms with E-state index in [4.69, 9.17) is 4.74 Å². The standard InChI is InChI=1S/C21H34N6O3.HI/c1-22-20(29)18-6-4-5-17(15-18)7-8-25-21(23-2)27-12-10-26(11-13-27)16-19(28)24-9-14-30-3;/h4-6,15H,7-14,16H2,1-3H3,(H,22,29)(H,23,25)(H,24,28);1H. The zero-order valence-electron chi connectivity index (χ0n) is 18.6. The molecular weight excluding hydrogens is 511 g/mol. The first-order chi connectivity index (χ1) is 14.6. The minimum atomic E-state index is -0.0779. The number of nitrogens with one attached hydrogen (secondary N) is 3. The molecule has 0 spiro atoms. The van der Waals surface area contributed by atoms with Gasteiger partial charge in [-0.1, -0.05) is 12.1 Å². The van der Waals surface area contributed by atoms with Gasteiger partial charge < -0.3 is 25.6 Å². The Morgan fingerprint density at radius 1 is 1.13 bits per heavy atom. The van der Waals surface area contributed by atoms with Crippen molar-refractivity contribution >= 4 is 41.8 Å². The number of methoxy groups -OCH3 is 1. The summed E-state index contributed by atoms with van der Waals surface area (Å²) in [4.78, 5) is 32.5. The molecule has 3 N–H and O–H groups in total. The number of ether oxygens (including phenoxy) is 1. The molecule has 0 unspecified atom stereocenters. The van der Waals surface area contributed by atoms with Crippen molar-refractivity contribution in [3.05, 3.63) is 35.4 Å². The molecule has 10 heteroatoms. The van der Waals surface area contributed by atoms with Crippen molar-refractivity contribution in [1.82, 2.24) is 25.8 Å². The summed E-state index contributed by atoms with van der Waals surface area (Å²) in [7, 11) is 5.03. The van der Waals surface area contributed by atoms with Gasteiger partial charge in [0.15, 0.2) is 5.96 Å². The van der Waals surface area contributed by atoms with Crippen LogP contribution in [0.5, 0.6) is 0 Å². The van der Waals surface area contributed by atoms with Crippen molar-refractivity contribution < 1.29 is 14.3 Å². The summed E-state index contributed by atoms with van der Waals surface area (Å²) in [5.74, 6) is 0.814. The van der Waals surface area contributed by atoms with Gasteiger partial charge in [0.1, 0.15) is 0 Å². The van der Waals surface area contributed by atoms with E-state index in [2.05, 4.69) is 30.7 Å². The van der Waals surface area contributed by atoms with E-state index in [-0.39, 0.29) is 35.8 Å². The van der Waals surface area contributed by atoms with Crippen LogP contribution < -0.4 is 16.0 Å². The quantitative estimate of drug-likeness (QED) is 0.177. The first kappa shape index (κ1) is 27.1. The van der Waals surface area contributed by atoms with E-state index in [0.717, 1.165) is 50.7 Å². The highest BCUT2D eigenvalue weighted by molar-refractivity contribution is 14.0. The van der Waals surface area contributed by atoms with Gasteiger partial charge in [0.25, 0.3) is 5.91 Å². The number of nitrogens with zero attached hydrogens (tertiary/aromatic N) is 3. The van der Waals surface area contributed by atoms with Crippen molar-refractivity contribution in [3.8, 4) is 0 Å². The number of hydrogen-bond acceptors (Lipinski definition) is 5. The highest BCUT2D eigenvalue weighted by Gasteiger charge is 2.21. The molecule has 0 bridgehead atoms. The predicted octanol–water partition coefficient (Wildman–Crippen LogP) is 0.162. The Labute approximate surface area is 202 Å². The third kappa shape index (κ3) is 9.40. The topological polar surface area (TPSA) is 98.3 Å². The predicted molar refractivity (Wildman–Crippen MR) is 133 cm³/mol. The van der Waals surface area contributed by atoms with Gasteiger partial charge in [-0.15, -0.1) is 24.0 Å². The minimum absolute atomic E-state index is 0. The molecule has 31 heavy (non-hydrogen) atoms. The molecule has 1 aromatic carbocycles. The third-order valence-electron chi connectivity index (χ3n) is 4.99.